The number of nitrogens with one attached hydrogen (secondary N) is 2. The minimum absolute atomic E-state index is 0.170. The van der Waals surface area contributed by atoms with Crippen molar-refractivity contribution in [1.82, 2.24) is 10.3 Å². The predicted molar refractivity (Wildman–Crippen MR) is 73.9 cm³/mol. The Bertz CT molecular complexity index is 352. The van der Waals surface area contributed by atoms with Gasteiger partial charge in [-0.1, -0.05) is 24.0 Å². The van der Waals surface area contributed by atoms with E-state index in [1.807, 2.05) is 18.3 Å². The zero-order valence-corrected chi connectivity index (χ0v) is 11.3. The van der Waals surface area contributed by atoms with E-state index < -0.39 is 0 Å². The summed E-state index contributed by atoms with van der Waals surface area (Å²) in [4.78, 5) is 13.9. The number of aromatic amines is 1. The number of rotatable bonds is 6. The summed E-state index contributed by atoms with van der Waals surface area (Å²) in [6.07, 6.45) is 3.11. The number of carbonyl (C=O) groups is 1. The Morgan fingerprint density at radius 1 is 1.65 bits per heavy atom. The molecule has 1 heterocycles. The fourth-order valence-corrected chi connectivity index (χ4v) is 2.15. The highest BCUT2D eigenvalue weighted by Gasteiger charge is 2.02. The minimum atomic E-state index is -0.170. The topological polar surface area (TPSA) is 54.1 Å². The predicted octanol–water partition coefficient (Wildman–Crippen LogP) is 2.08. The van der Waals surface area contributed by atoms with Crippen LogP contribution in [0, 0.1) is 0 Å². The van der Waals surface area contributed by atoms with Crippen LogP contribution in [0.2, 0.25) is 0 Å². The van der Waals surface area contributed by atoms with E-state index in [-0.39, 0.29) is 5.97 Å². The molecule has 0 amide bonds. The largest absolute Gasteiger partial charge is 0.469 e. The number of hydrogen-bond acceptors (Lipinski definition) is 4. The van der Waals surface area contributed by atoms with Gasteiger partial charge in [0.15, 0.2) is 0 Å². The third-order valence-electron chi connectivity index (χ3n) is 2.07. The van der Waals surface area contributed by atoms with Crippen molar-refractivity contribution in [2.24, 2.45) is 0 Å². The molecule has 1 rings (SSSR count). The second-order valence-electron chi connectivity index (χ2n) is 3.36. The Balaban J connectivity index is 2.03. The van der Waals surface area contributed by atoms with E-state index in [1.165, 1.54) is 7.11 Å². The zero-order valence-electron chi connectivity index (χ0n) is 9.69. The molecule has 0 aliphatic rings. The summed E-state index contributed by atoms with van der Waals surface area (Å²) in [5, 5.41) is 3.13. The van der Waals surface area contributed by atoms with Crippen LogP contribution in [0.25, 0.3) is 0 Å². The number of aromatic nitrogens is 1. The van der Waals surface area contributed by atoms with Crippen LogP contribution in [0.5, 0.6) is 0 Å². The van der Waals surface area contributed by atoms with Crippen LogP contribution >= 0.6 is 24.0 Å². The van der Waals surface area contributed by atoms with E-state index >= 15 is 0 Å². The van der Waals surface area contributed by atoms with Crippen LogP contribution in [0.4, 0.5) is 0 Å². The van der Waals surface area contributed by atoms with Crippen LogP contribution in [0.3, 0.4) is 0 Å². The fraction of sp³-hybridized carbons (Fsp3) is 0.455. The maximum Gasteiger partial charge on any atom is 0.305 e. The SMILES string of the molecule is COC(=O)CCCSC(=S)NCc1ccc[nH]1. The molecule has 4 nitrogen and oxygen atoms in total. The van der Waals surface area contributed by atoms with Crippen molar-refractivity contribution in [3.8, 4) is 0 Å². The summed E-state index contributed by atoms with van der Waals surface area (Å²) >= 11 is 6.71. The quantitative estimate of drug-likeness (QED) is 0.472. The summed E-state index contributed by atoms with van der Waals surface area (Å²) in [6, 6.07) is 3.95. The van der Waals surface area contributed by atoms with Gasteiger partial charge in [0, 0.05) is 24.1 Å². The highest BCUT2D eigenvalue weighted by atomic mass is 32.2. The Kier molecular flexibility index (Phi) is 6.73. The van der Waals surface area contributed by atoms with Gasteiger partial charge in [0.25, 0.3) is 0 Å². The van der Waals surface area contributed by atoms with E-state index in [4.69, 9.17) is 12.2 Å². The molecule has 0 aliphatic heterocycles. The van der Waals surface area contributed by atoms with Crippen LogP contribution in [-0.2, 0) is 16.1 Å². The molecule has 0 unspecified atom stereocenters. The molecule has 17 heavy (non-hydrogen) atoms. The molecule has 1 aromatic rings. The molecule has 0 bridgehead atoms. The number of H-pyrrole nitrogens is 1. The lowest BCUT2D eigenvalue weighted by Crippen LogP contribution is -2.18. The first-order valence-corrected chi connectivity index (χ1v) is 6.71. The molecule has 94 valence electrons. The number of thiocarbonyl (C=S) groups is 1. The third kappa shape index (κ3) is 6.33. The Morgan fingerprint density at radius 2 is 2.47 bits per heavy atom. The number of carbonyl (C=O) groups excluding carboxylic acids is 1. The number of methoxy groups -OCH3 is 1. The Hall–Kier alpha value is -1.01. The van der Waals surface area contributed by atoms with E-state index in [2.05, 4.69) is 15.0 Å². The first-order chi connectivity index (χ1) is 8.22. The van der Waals surface area contributed by atoms with Gasteiger partial charge in [-0.25, -0.2) is 0 Å². The molecule has 6 heteroatoms. The molecule has 1 aromatic heterocycles. The van der Waals surface area contributed by atoms with Crippen molar-refractivity contribution in [2.75, 3.05) is 12.9 Å². The van der Waals surface area contributed by atoms with Crippen molar-refractivity contribution in [3.05, 3.63) is 24.0 Å². The normalized spacial score (nSPS) is 9.94. The van der Waals surface area contributed by atoms with E-state index in [1.54, 1.807) is 11.8 Å². The van der Waals surface area contributed by atoms with Crippen molar-refractivity contribution in [2.45, 2.75) is 19.4 Å². The number of hydrogen-bond donors (Lipinski definition) is 2. The second-order valence-corrected chi connectivity index (χ2v) is 5.14. The molecular formula is C11H16N2O2S2. The summed E-state index contributed by atoms with van der Waals surface area (Å²) in [5.74, 6) is 0.655. The molecular weight excluding hydrogens is 256 g/mol. The van der Waals surface area contributed by atoms with Crippen LogP contribution in [-0.4, -0.2) is 28.1 Å². The molecule has 0 radical (unpaired) electrons. The third-order valence-corrected chi connectivity index (χ3v) is 3.47. The Morgan fingerprint density at radius 3 is 3.12 bits per heavy atom. The Labute approximate surface area is 111 Å². The van der Waals surface area contributed by atoms with Gasteiger partial charge in [0.1, 0.15) is 4.32 Å². The van der Waals surface area contributed by atoms with Gasteiger partial charge in [-0.2, -0.15) is 0 Å². The highest BCUT2D eigenvalue weighted by Crippen LogP contribution is 2.07. The van der Waals surface area contributed by atoms with Crippen LogP contribution in [0.1, 0.15) is 18.5 Å². The van der Waals surface area contributed by atoms with Gasteiger partial charge in [0.2, 0.25) is 0 Å². The zero-order chi connectivity index (χ0) is 12.5. The molecule has 0 atom stereocenters. The fourth-order valence-electron chi connectivity index (χ4n) is 1.18. The summed E-state index contributed by atoms with van der Waals surface area (Å²) in [6.45, 7) is 0.704. The monoisotopic (exact) mass is 272 g/mol. The van der Waals surface area contributed by atoms with Gasteiger partial charge >= 0.3 is 5.97 Å². The van der Waals surface area contributed by atoms with Crippen LogP contribution in [0.15, 0.2) is 18.3 Å². The molecule has 0 spiro atoms. The molecule has 0 aromatic carbocycles. The minimum Gasteiger partial charge on any atom is -0.469 e. The number of ether oxygens (including phenoxy) is 1. The lowest BCUT2D eigenvalue weighted by Gasteiger charge is -2.05. The molecule has 0 saturated carbocycles. The van der Waals surface area contributed by atoms with E-state index in [0.717, 1.165) is 22.2 Å². The van der Waals surface area contributed by atoms with Crippen LogP contribution < -0.4 is 5.32 Å². The van der Waals surface area contributed by atoms with Crippen molar-refractivity contribution in [1.29, 1.82) is 0 Å². The maximum absolute atomic E-state index is 10.9. The summed E-state index contributed by atoms with van der Waals surface area (Å²) in [5.41, 5.74) is 1.10. The smallest absolute Gasteiger partial charge is 0.305 e. The van der Waals surface area contributed by atoms with E-state index in [9.17, 15) is 4.79 Å². The molecule has 0 fully saturated rings. The molecule has 0 saturated heterocycles. The van der Waals surface area contributed by atoms with Crippen molar-refractivity contribution >= 4 is 34.3 Å². The average molecular weight is 272 g/mol. The van der Waals surface area contributed by atoms with Gasteiger partial charge in [-0.3, -0.25) is 4.79 Å². The van der Waals surface area contributed by atoms with Gasteiger partial charge in [-0.15, -0.1) is 0 Å². The van der Waals surface area contributed by atoms with Gasteiger partial charge in [-0.05, 0) is 18.6 Å². The van der Waals surface area contributed by atoms with E-state index in [0.29, 0.717) is 13.0 Å². The second kappa shape index (κ2) is 8.14. The first-order valence-electron chi connectivity index (χ1n) is 5.32. The highest BCUT2D eigenvalue weighted by molar-refractivity contribution is 8.22. The lowest BCUT2D eigenvalue weighted by molar-refractivity contribution is -0.140. The van der Waals surface area contributed by atoms with Gasteiger partial charge < -0.3 is 15.0 Å². The standard InChI is InChI=1S/C11H16N2O2S2/c1-15-10(14)5-3-7-17-11(16)13-8-9-4-2-6-12-9/h2,4,6,12H,3,5,7-8H2,1H3,(H,13,16). The summed E-state index contributed by atoms with van der Waals surface area (Å²) < 4.78 is 5.31. The first kappa shape index (κ1) is 14.1. The molecule has 0 aliphatic carbocycles. The van der Waals surface area contributed by atoms with Crippen molar-refractivity contribution < 1.29 is 9.53 Å². The average Bonchev–Trinajstić information content (AvgIpc) is 2.84. The lowest BCUT2D eigenvalue weighted by atomic mass is 10.3. The number of thioether (sulfide) groups is 1. The number of esters is 1. The van der Waals surface area contributed by atoms with Gasteiger partial charge in [0.05, 0.1) is 13.7 Å². The maximum atomic E-state index is 10.9. The summed E-state index contributed by atoms with van der Waals surface area (Å²) in [7, 11) is 1.40. The van der Waals surface area contributed by atoms with Crippen molar-refractivity contribution in [3.63, 3.8) is 0 Å². The molecule has 2 N–H and O–H groups in total.